The summed E-state index contributed by atoms with van der Waals surface area (Å²) in [5, 5.41) is 8.61. The summed E-state index contributed by atoms with van der Waals surface area (Å²) in [6.45, 7) is 5.18. The largest absolute Gasteiger partial charge is 0.496 e. The van der Waals surface area contributed by atoms with Crippen molar-refractivity contribution in [1.29, 1.82) is 0 Å². The van der Waals surface area contributed by atoms with Crippen LogP contribution in [0.15, 0.2) is 49.1 Å². The van der Waals surface area contributed by atoms with E-state index in [2.05, 4.69) is 46.4 Å². The molecule has 0 aliphatic heterocycles. The van der Waals surface area contributed by atoms with Crippen LogP contribution in [0.4, 0.5) is 5.82 Å². The lowest BCUT2D eigenvalue weighted by Crippen LogP contribution is -2.10. The van der Waals surface area contributed by atoms with Crippen molar-refractivity contribution in [2.45, 2.75) is 20.3 Å². The standard InChI is InChI=1S/C23H26N6O/c1-15(2)11-26-23-22-18(7-8-24-23)12-25-21(28-22)10-17-6-5-16(9-20(17)30-4)19-13-27-29(3)14-19/h5-9,12-15H,10-11H2,1-4H3,(H,24,26). The van der Waals surface area contributed by atoms with Gasteiger partial charge in [0.1, 0.15) is 17.1 Å². The summed E-state index contributed by atoms with van der Waals surface area (Å²) in [6.07, 6.45) is 8.05. The Morgan fingerprint density at radius 2 is 1.97 bits per heavy atom. The van der Waals surface area contributed by atoms with Crippen molar-refractivity contribution in [3.63, 3.8) is 0 Å². The Kier molecular flexibility index (Phi) is 5.61. The summed E-state index contributed by atoms with van der Waals surface area (Å²) in [6, 6.07) is 8.11. The van der Waals surface area contributed by atoms with Crippen LogP contribution in [0.3, 0.4) is 0 Å². The van der Waals surface area contributed by atoms with Crippen LogP contribution in [0.25, 0.3) is 22.0 Å². The maximum Gasteiger partial charge on any atom is 0.152 e. The molecule has 7 heteroatoms. The van der Waals surface area contributed by atoms with E-state index >= 15 is 0 Å². The molecule has 30 heavy (non-hydrogen) atoms. The highest BCUT2D eigenvalue weighted by Crippen LogP contribution is 2.28. The SMILES string of the molecule is COc1cc(-c2cnn(C)c2)ccc1Cc1ncc2ccnc(NCC(C)C)c2n1. The van der Waals surface area contributed by atoms with Crippen LogP contribution in [0.2, 0.25) is 0 Å². The van der Waals surface area contributed by atoms with Crippen molar-refractivity contribution >= 4 is 16.7 Å². The predicted octanol–water partition coefficient (Wildman–Crippen LogP) is 4.09. The van der Waals surface area contributed by atoms with Gasteiger partial charge in [0.25, 0.3) is 0 Å². The zero-order chi connectivity index (χ0) is 21.1. The average molecular weight is 403 g/mol. The summed E-state index contributed by atoms with van der Waals surface area (Å²) >= 11 is 0. The van der Waals surface area contributed by atoms with Gasteiger partial charge in [-0.2, -0.15) is 5.10 Å². The second-order valence-electron chi connectivity index (χ2n) is 7.76. The Bertz CT molecular complexity index is 1170. The van der Waals surface area contributed by atoms with Crippen LogP contribution in [-0.4, -0.2) is 38.4 Å². The molecule has 0 unspecified atom stereocenters. The topological polar surface area (TPSA) is 77.8 Å². The molecule has 0 bridgehead atoms. The normalized spacial score (nSPS) is 11.2. The first-order chi connectivity index (χ1) is 14.5. The molecule has 0 spiro atoms. The van der Waals surface area contributed by atoms with Gasteiger partial charge in [0.15, 0.2) is 5.82 Å². The Morgan fingerprint density at radius 3 is 2.70 bits per heavy atom. The molecule has 0 saturated heterocycles. The molecule has 0 aliphatic rings. The summed E-state index contributed by atoms with van der Waals surface area (Å²) in [4.78, 5) is 13.8. The summed E-state index contributed by atoms with van der Waals surface area (Å²) in [5.74, 6) is 2.86. The van der Waals surface area contributed by atoms with Crippen molar-refractivity contribution in [3.05, 3.63) is 60.4 Å². The molecule has 4 aromatic rings. The number of ether oxygens (including phenoxy) is 1. The minimum absolute atomic E-state index is 0.519. The van der Waals surface area contributed by atoms with Gasteiger partial charge in [0.05, 0.1) is 13.3 Å². The molecular formula is C23H26N6O. The quantitative estimate of drug-likeness (QED) is 0.502. The first-order valence-corrected chi connectivity index (χ1v) is 10.0. The molecular weight excluding hydrogens is 376 g/mol. The maximum absolute atomic E-state index is 5.66. The van der Waals surface area contributed by atoms with Gasteiger partial charge in [-0.1, -0.05) is 26.0 Å². The van der Waals surface area contributed by atoms with Crippen LogP contribution in [0, 0.1) is 5.92 Å². The van der Waals surface area contributed by atoms with E-state index in [0.29, 0.717) is 12.3 Å². The summed E-state index contributed by atoms with van der Waals surface area (Å²) < 4.78 is 7.44. The van der Waals surface area contributed by atoms with E-state index in [-0.39, 0.29) is 0 Å². The fourth-order valence-electron chi connectivity index (χ4n) is 3.32. The van der Waals surface area contributed by atoms with Crippen LogP contribution in [-0.2, 0) is 13.5 Å². The number of fused-ring (bicyclic) bond motifs is 1. The first kappa shape index (κ1) is 19.8. The number of anilines is 1. The molecule has 0 atom stereocenters. The summed E-state index contributed by atoms with van der Waals surface area (Å²) in [5.41, 5.74) is 3.99. The Balaban J connectivity index is 1.64. The average Bonchev–Trinajstić information content (AvgIpc) is 3.18. The highest BCUT2D eigenvalue weighted by atomic mass is 16.5. The van der Waals surface area contributed by atoms with Crippen LogP contribution < -0.4 is 10.1 Å². The van der Waals surface area contributed by atoms with Crippen LogP contribution in [0.1, 0.15) is 25.2 Å². The Morgan fingerprint density at radius 1 is 1.10 bits per heavy atom. The minimum Gasteiger partial charge on any atom is -0.496 e. The number of nitrogens with zero attached hydrogens (tertiary/aromatic N) is 5. The Hall–Kier alpha value is -3.48. The van der Waals surface area contributed by atoms with Gasteiger partial charge < -0.3 is 10.1 Å². The first-order valence-electron chi connectivity index (χ1n) is 10.0. The van der Waals surface area contributed by atoms with E-state index in [0.717, 1.165) is 51.5 Å². The fraction of sp³-hybridized carbons (Fsp3) is 0.304. The molecule has 1 N–H and O–H groups in total. The number of hydrogen-bond acceptors (Lipinski definition) is 6. The van der Waals surface area contributed by atoms with Gasteiger partial charge in [-0.3, -0.25) is 4.68 Å². The molecule has 0 saturated carbocycles. The van der Waals surface area contributed by atoms with Gasteiger partial charge in [0.2, 0.25) is 0 Å². The van der Waals surface area contributed by atoms with E-state index in [1.807, 2.05) is 37.8 Å². The highest BCUT2D eigenvalue weighted by Gasteiger charge is 2.12. The molecule has 3 heterocycles. The lowest BCUT2D eigenvalue weighted by atomic mass is 10.0. The van der Waals surface area contributed by atoms with E-state index in [9.17, 15) is 0 Å². The van der Waals surface area contributed by atoms with Crippen molar-refractivity contribution < 1.29 is 4.74 Å². The van der Waals surface area contributed by atoms with Crippen molar-refractivity contribution in [2.24, 2.45) is 13.0 Å². The smallest absolute Gasteiger partial charge is 0.152 e. The molecule has 1 aromatic carbocycles. The van der Waals surface area contributed by atoms with E-state index in [1.165, 1.54) is 0 Å². The second kappa shape index (κ2) is 8.49. The monoisotopic (exact) mass is 402 g/mol. The third kappa shape index (κ3) is 4.25. The summed E-state index contributed by atoms with van der Waals surface area (Å²) in [7, 11) is 3.59. The molecule has 0 fully saturated rings. The lowest BCUT2D eigenvalue weighted by Gasteiger charge is -2.12. The highest BCUT2D eigenvalue weighted by molar-refractivity contribution is 5.87. The maximum atomic E-state index is 5.66. The number of benzene rings is 1. The molecule has 3 aromatic heterocycles. The molecule has 154 valence electrons. The van der Waals surface area contributed by atoms with Crippen molar-refractivity contribution in [2.75, 3.05) is 19.0 Å². The minimum atomic E-state index is 0.519. The van der Waals surface area contributed by atoms with Gasteiger partial charge >= 0.3 is 0 Å². The van der Waals surface area contributed by atoms with Crippen LogP contribution in [0.5, 0.6) is 5.75 Å². The van der Waals surface area contributed by atoms with Gasteiger partial charge in [-0.25, -0.2) is 15.0 Å². The predicted molar refractivity (Wildman–Crippen MR) is 119 cm³/mol. The third-order valence-corrected chi connectivity index (χ3v) is 4.90. The number of pyridine rings is 1. The zero-order valence-electron chi connectivity index (χ0n) is 17.8. The van der Waals surface area contributed by atoms with Crippen molar-refractivity contribution in [1.82, 2.24) is 24.7 Å². The fourth-order valence-corrected chi connectivity index (χ4v) is 3.32. The number of aromatic nitrogens is 5. The van der Waals surface area contributed by atoms with E-state index in [4.69, 9.17) is 9.72 Å². The Labute approximate surface area is 176 Å². The lowest BCUT2D eigenvalue weighted by molar-refractivity contribution is 0.410. The molecule has 7 nitrogen and oxygen atoms in total. The third-order valence-electron chi connectivity index (χ3n) is 4.90. The van der Waals surface area contributed by atoms with E-state index in [1.54, 1.807) is 18.0 Å². The van der Waals surface area contributed by atoms with E-state index < -0.39 is 0 Å². The molecule has 0 radical (unpaired) electrons. The number of aryl methyl sites for hydroxylation is 1. The molecule has 4 rings (SSSR count). The van der Waals surface area contributed by atoms with Crippen molar-refractivity contribution in [3.8, 4) is 16.9 Å². The van der Waals surface area contributed by atoms with Gasteiger partial charge in [-0.05, 0) is 23.6 Å². The number of rotatable bonds is 7. The number of nitrogens with one attached hydrogen (secondary N) is 1. The van der Waals surface area contributed by atoms with Gasteiger partial charge in [0, 0.05) is 55.1 Å². The zero-order valence-corrected chi connectivity index (χ0v) is 17.8. The molecule has 0 aliphatic carbocycles. The van der Waals surface area contributed by atoms with Gasteiger partial charge in [-0.15, -0.1) is 0 Å². The number of hydrogen-bond donors (Lipinski definition) is 1. The molecule has 0 amide bonds. The number of methoxy groups -OCH3 is 1. The van der Waals surface area contributed by atoms with Crippen LogP contribution >= 0.6 is 0 Å². The second-order valence-corrected chi connectivity index (χ2v) is 7.76.